The van der Waals surface area contributed by atoms with Crippen LogP contribution in [0.3, 0.4) is 0 Å². The van der Waals surface area contributed by atoms with Crippen molar-refractivity contribution in [2.45, 2.75) is 32.8 Å². The highest BCUT2D eigenvalue weighted by atomic mass is 19.4. The third kappa shape index (κ3) is 4.55. The van der Waals surface area contributed by atoms with E-state index >= 15 is 0 Å². The minimum atomic E-state index is -4.88. The number of nitrogens with one attached hydrogen (secondary N) is 1. The van der Waals surface area contributed by atoms with Gasteiger partial charge in [-0.1, -0.05) is 54.6 Å². The van der Waals surface area contributed by atoms with Crippen molar-refractivity contribution in [1.82, 2.24) is 4.90 Å². The monoisotopic (exact) mass is 454 g/mol. The highest BCUT2D eigenvalue weighted by Gasteiger charge is 2.42. The zero-order valence-electron chi connectivity index (χ0n) is 17.9. The predicted molar refractivity (Wildman–Crippen MR) is 117 cm³/mol. The van der Waals surface area contributed by atoms with E-state index in [4.69, 9.17) is 0 Å². The lowest BCUT2D eigenvalue weighted by Gasteiger charge is -2.26. The number of hydrogen-bond acceptors (Lipinski definition) is 3. The van der Waals surface area contributed by atoms with Crippen LogP contribution in [0.15, 0.2) is 66.7 Å². The molecule has 5 nitrogen and oxygen atoms in total. The van der Waals surface area contributed by atoms with Gasteiger partial charge in [-0.15, -0.1) is 13.2 Å². The highest BCUT2D eigenvalue weighted by molar-refractivity contribution is 6.08. The molecule has 0 bridgehead atoms. The SMILES string of the molecule is Cc1cccc(C)c1NC(=O)C1c2ccccc2C(=O)N1Cc1ccccc1OC(F)(F)F. The van der Waals surface area contributed by atoms with Gasteiger partial charge in [0.1, 0.15) is 11.8 Å². The minimum Gasteiger partial charge on any atom is -0.405 e. The van der Waals surface area contributed by atoms with Crippen LogP contribution in [0.4, 0.5) is 18.9 Å². The Labute approximate surface area is 188 Å². The minimum absolute atomic E-state index is 0.140. The number of benzene rings is 3. The van der Waals surface area contributed by atoms with E-state index in [9.17, 15) is 22.8 Å². The van der Waals surface area contributed by atoms with Crippen LogP contribution < -0.4 is 10.1 Å². The molecule has 33 heavy (non-hydrogen) atoms. The molecule has 4 rings (SSSR count). The van der Waals surface area contributed by atoms with E-state index in [0.29, 0.717) is 16.8 Å². The van der Waals surface area contributed by atoms with E-state index in [0.717, 1.165) is 11.1 Å². The second kappa shape index (κ2) is 8.61. The second-order valence-corrected chi connectivity index (χ2v) is 7.83. The van der Waals surface area contributed by atoms with Gasteiger partial charge in [-0.05, 0) is 42.7 Å². The molecule has 1 aliphatic heterocycles. The Morgan fingerprint density at radius 2 is 1.61 bits per heavy atom. The number of alkyl halides is 3. The number of nitrogens with zero attached hydrogens (tertiary/aromatic N) is 1. The zero-order chi connectivity index (χ0) is 23.8. The van der Waals surface area contributed by atoms with Crippen molar-refractivity contribution in [3.63, 3.8) is 0 Å². The molecule has 3 aromatic rings. The molecule has 1 aliphatic rings. The maximum Gasteiger partial charge on any atom is 0.573 e. The summed E-state index contributed by atoms with van der Waals surface area (Å²) in [5.74, 6) is -1.29. The molecule has 1 N–H and O–H groups in total. The summed E-state index contributed by atoms with van der Waals surface area (Å²) in [5, 5.41) is 2.91. The average Bonchev–Trinajstić information content (AvgIpc) is 3.03. The molecule has 0 aliphatic carbocycles. The number of carbonyl (C=O) groups is 2. The van der Waals surface area contributed by atoms with Crippen LogP contribution in [0.5, 0.6) is 5.75 Å². The molecule has 0 spiro atoms. The van der Waals surface area contributed by atoms with E-state index < -0.39 is 30.0 Å². The lowest BCUT2D eigenvalue weighted by molar-refractivity contribution is -0.275. The smallest absolute Gasteiger partial charge is 0.405 e. The molecule has 0 fully saturated rings. The van der Waals surface area contributed by atoms with Crippen molar-refractivity contribution in [2.75, 3.05) is 5.32 Å². The molecule has 3 aromatic carbocycles. The highest BCUT2D eigenvalue weighted by Crippen LogP contribution is 2.38. The first-order chi connectivity index (χ1) is 15.7. The van der Waals surface area contributed by atoms with Crippen molar-refractivity contribution < 1.29 is 27.5 Å². The standard InChI is InChI=1S/C25H21F3N2O3/c1-15-8-7-9-16(2)21(15)29-23(31)22-18-11-4-5-12-19(18)24(32)30(22)14-17-10-3-6-13-20(17)33-25(26,27)28/h3-13,22H,14H2,1-2H3,(H,29,31). The first kappa shape index (κ1) is 22.4. The van der Waals surface area contributed by atoms with Gasteiger partial charge in [0.05, 0.1) is 6.54 Å². The van der Waals surface area contributed by atoms with Crippen LogP contribution in [0.1, 0.15) is 38.7 Å². The lowest BCUT2D eigenvalue weighted by atomic mass is 10.0. The number of amides is 2. The Hall–Kier alpha value is -3.81. The molecule has 1 heterocycles. The average molecular weight is 454 g/mol. The summed E-state index contributed by atoms with van der Waals surface area (Å²) >= 11 is 0. The molecule has 0 saturated heterocycles. The predicted octanol–water partition coefficient (Wildman–Crippen LogP) is 5.54. The molecular weight excluding hydrogens is 433 g/mol. The van der Waals surface area contributed by atoms with E-state index in [1.54, 1.807) is 30.3 Å². The quantitative estimate of drug-likeness (QED) is 0.551. The fourth-order valence-electron chi connectivity index (χ4n) is 4.06. The molecule has 8 heteroatoms. The summed E-state index contributed by atoms with van der Waals surface area (Å²) in [5.41, 5.74) is 3.34. The van der Waals surface area contributed by atoms with Gasteiger partial charge >= 0.3 is 6.36 Å². The van der Waals surface area contributed by atoms with Crippen LogP contribution >= 0.6 is 0 Å². The van der Waals surface area contributed by atoms with E-state index in [1.165, 1.54) is 23.1 Å². The third-order valence-electron chi connectivity index (χ3n) is 5.57. The van der Waals surface area contributed by atoms with Crippen molar-refractivity contribution in [1.29, 1.82) is 0 Å². The number of hydrogen-bond donors (Lipinski definition) is 1. The van der Waals surface area contributed by atoms with Gasteiger partial charge in [0.15, 0.2) is 0 Å². The Balaban J connectivity index is 1.70. The Kier molecular flexibility index (Phi) is 5.84. The van der Waals surface area contributed by atoms with Gasteiger partial charge in [0.25, 0.3) is 11.8 Å². The molecule has 1 unspecified atom stereocenters. The van der Waals surface area contributed by atoms with Crippen molar-refractivity contribution in [3.8, 4) is 5.75 Å². The summed E-state index contributed by atoms with van der Waals surface area (Å²) in [4.78, 5) is 27.9. The number of rotatable bonds is 5. The van der Waals surface area contributed by atoms with E-state index in [1.807, 2.05) is 32.0 Å². The number of aryl methyl sites for hydroxylation is 2. The van der Waals surface area contributed by atoms with Crippen LogP contribution in [-0.4, -0.2) is 23.1 Å². The molecule has 0 radical (unpaired) electrons. The molecule has 2 amide bonds. The number of ether oxygens (including phenoxy) is 1. The molecule has 0 saturated carbocycles. The van der Waals surface area contributed by atoms with Gasteiger partial charge < -0.3 is 15.0 Å². The number of para-hydroxylation sites is 2. The molecule has 1 atom stereocenters. The topological polar surface area (TPSA) is 58.6 Å². The van der Waals surface area contributed by atoms with Crippen molar-refractivity contribution in [2.24, 2.45) is 0 Å². The van der Waals surface area contributed by atoms with Crippen LogP contribution in [0.25, 0.3) is 0 Å². The van der Waals surface area contributed by atoms with Crippen molar-refractivity contribution in [3.05, 3.63) is 94.5 Å². The fraction of sp³-hybridized carbons (Fsp3) is 0.200. The van der Waals surface area contributed by atoms with Gasteiger partial charge in [-0.3, -0.25) is 9.59 Å². The summed E-state index contributed by atoms with van der Waals surface area (Å²) in [6.45, 7) is 3.49. The van der Waals surface area contributed by atoms with Crippen LogP contribution in [0.2, 0.25) is 0 Å². The van der Waals surface area contributed by atoms with Crippen LogP contribution in [0, 0.1) is 13.8 Å². The zero-order valence-corrected chi connectivity index (χ0v) is 17.9. The number of fused-ring (bicyclic) bond motifs is 1. The summed E-state index contributed by atoms with van der Waals surface area (Å²) < 4.78 is 42.8. The van der Waals surface area contributed by atoms with Gasteiger partial charge in [0.2, 0.25) is 0 Å². The summed E-state index contributed by atoms with van der Waals surface area (Å²) in [7, 11) is 0. The van der Waals surface area contributed by atoms with Gasteiger partial charge in [-0.25, -0.2) is 0 Å². The summed E-state index contributed by atoms with van der Waals surface area (Å²) in [6, 6.07) is 16.9. The second-order valence-electron chi connectivity index (χ2n) is 7.83. The third-order valence-corrected chi connectivity index (χ3v) is 5.57. The Morgan fingerprint density at radius 3 is 2.30 bits per heavy atom. The first-order valence-corrected chi connectivity index (χ1v) is 10.3. The van der Waals surface area contributed by atoms with Gasteiger partial charge in [-0.2, -0.15) is 0 Å². The Morgan fingerprint density at radius 1 is 0.970 bits per heavy atom. The fourth-order valence-corrected chi connectivity index (χ4v) is 4.06. The van der Waals surface area contributed by atoms with E-state index in [2.05, 4.69) is 10.1 Å². The maximum atomic E-state index is 13.4. The first-order valence-electron chi connectivity index (χ1n) is 10.3. The lowest BCUT2D eigenvalue weighted by Crippen LogP contribution is -2.35. The number of anilines is 1. The Bertz CT molecular complexity index is 1200. The molecular formula is C25H21F3N2O3. The van der Waals surface area contributed by atoms with Crippen molar-refractivity contribution >= 4 is 17.5 Å². The normalized spacial score (nSPS) is 15.4. The number of halogens is 3. The number of carbonyl (C=O) groups excluding carboxylic acids is 2. The largest absolute Gasteiger partial charge is 0.573 e. The summed E-state index contributed by atoms with van der Waals surface area (Å²) in [6.07, 6.45) is -4.88. The molecule has 170 valence electrons. The van der Waals surface area contributed by atoms with E-state index in [-0.39, 0.29) is 12.1 Å². The maximum absolute atomic E-state index is 13.4. The molecule has 0 aromatic heterocycles. The van der Waals surface area contributed by atoms with Crippen LogP contribution in [-0.2, 0) is 11.3 Å². The van der Waals surface area contributed by atoms with Gasteiger partial charge in [0, 0.05) is 16.8 Å².